The van der Waals surface area contributed by atoms with Crippen LogP contribution in [-0.4, -0.2) is 39.3 Å². The molecule has 0 atom stereocenters. The molecule has 1 N–H and O–H groups in total. The Balaban J connectivity index is 1.17. The summed E-state index contributed by atoms with van der Waals surface area (Å²) in [6.07, 6.45) is 5.13. The molecule has 1 saturated carbocycles. The molecule has 3 aliphatic rings. The molecular weight excluding hydrogens is 604 g/mol. The SMILES string of the molecule is CC1(c2onc(-c3c(Cl)cncc3Cl)c2C2=CC3(CCN(c4ccc5nc(C(=O)O)cc(C(F)(F)F)c5c4)CC3)C2)CC1. The van der Waals surface area contributed by atoms with Crippen LogP contribution in [0.15, 0.2) is 47.3 Å². The van der Waals surface area contributed by atoms with Gasteiger partial charge in [0.05, 0.1) is 21.1 Å². The van der Waals surface area contributed by atoms with E-state index in [1.54, 1.807) is 6.07 Å². The Morgan fingerprint density at radius 3 is 2.33 bits per heavy atom. The Hall–Kier alpha value is -3.63. The number of carboxylic acid groups (broad SMARTS) is 1. The number of halogens is 5. The molecule has 222 valence electrons. The van der Waals surface area contributed by atoms with Gasteiger partial charge >= 0.3 is 12.1 Å². The first-order valence-corrected chi connectivity index (χ1v) is 14.6. The molecule has 7 nitrogen and oxygen atoms in total. The maximum atomic E-state index is 13.9. The van der Waals surface area contributed by atoms with Crippen molar-refractivity contribution < 1.29 is 27.6 Å². The molecule has 43 heavy (non-hydrogen) atoms. The van der Waals surface area contributed by atoms with Crippen LogP contribution in [-0.2, 0) is 11.6 Å². The number of benzene rings is 1. The number of aromatic nitrogens is 3. The van der Waals surface area contributed by atoms with Gasteiger partial charge in [0.2, 0.25) is 0 Å². The lowest BCUT2D eigenvalue weighted by Gasteiger charge is -2.47. The van der Waals surface area contributed by atoms with Gasteiger partial charge in [-0.3, -0.25) is 4.98 Å². The van der Waals surface area contributed by atoms with Gasteiger partial charge < -0.3 is 14.5 Å². The predicted octanol–water partition coefficient (Wildman–Crippen LogP) is 8.43. The normalized spacial score (nSPS) is 18.9. The zero-order valence-electron chi connectivity index (χ0n) is 22.9. The highest BCUT2D eigenvalue weighted by Gasteiger charge is 2.49. The monoisotopic (exact) mass is 628 g/mol. The van der Waals surface area contributed by atoms with Crippen LogP contribution in [0.25, 0.3) is 27.7 Å². The lowest BCUT2D eigenvalue weighted by molar-refractivity contribution is -0.136. The number of hydrogen-bond acceptors (Lipinski definition) is 6. The number of carboxylic acids is 1. The molecule has 4 aromatic rings. The zero-order valence-corrected chi connectivity index (χ0v) is 24.4. The number of alkyl halides is 3. The van der Waals surface area contributed by atoms with E-state index in [9.17, 15) is 23.1 Å². The Kier molecular flexibility index (Phi) is 6.34. The van der Waals surface area contributed by atoms with Crippen LogP contribution in [0.2, 0.25) is 10.0 Å². The third-order valence-corrected chi connectivity index (χ3v) is 9.69. The summed E-state index contributed by atoms with van der Waals surface area (Å²) in [6, 6.07) is 5.23. The highest BCUT2D eigenvalue weighted by atomic mass is 35.5. The molecule has 2 fully saturated rings. The minimum absolute atomic E-state index is 0.00452. The first-order valence-electron chi connectivity index (χ1n) is 13.9. The smallest absolute Gasteiger partial charge is 0.417 e. The summed E-state index contributed by atoms with van der Waals surface area (Å²) in [5.74, 6) is -0.657. The molecule has 1 aliphatic heterocycles. The Bertz CT molecular complexity index is 1820. The fourth-order valence-corrected chi connectivity index (χ4v) is 6.93. The molecule has 0 unspecified atom stereocenters. The van der Waals surface area contributed by atoms with Gasteiger partial charge in [-0.1, -0.05) is 41.4 Å². The number of rotatable bonds is 5. The average Bonchev–Trinajstić information content (AvgIpc) is 3.54. The molecule has 1 saturated heterocycles. The summed E-state index contributed by atoms with van der Waals surface area (Å²) in [4.78, 5) is 21.4. The number of allylic oxidation sites excluding steroid dienone is 2. The Morgan fingerprint density at radius 2 is 1.72 bits per heavy atom. The number of aromatic carboxylic acids is 1. The number of carbonyl (C=O) groups is 1. The molecule has 0 bridgehead atoms. The lowest BCUT2D eigenvalue weighted by Crippen LogP contribution is -2.42. The zero-order chi connectivity index (χ0) is 30.3. The minimum atomic E-state index is -4.72. The van der Waals surface area contributed by atoms with Crippen LogP contribution in [0.3, 0.4) is 0 Å². The van der Waals surface area contributed by atoms with Crippen molar-refractivity contribution in [3.8, 4) is 11.3 Å². The summed E-state index contributed by atoms with van der Waals surface area (Å²) in [5.41, 5.74) is 2.19. The van der Waals surface area contributed by atoms with E-state index in [0.29, 0.717) is 46.1 Å². The summed E-state index contributed by atoms with van der Waals surface area (Å²) in [5, 5.41) is 14.4. The van der Waals surface area contributed by atoms with Crippen LogP contribution in [0, 0.1) is 5.41 Å². The molecule has 0 amide bonds. The van der Waals surface area contributed by atoms with E-state index in [2.05, 4.69) is 33.0 Å². The highest BCUT2D eigenvalue weighted by Crippen LogP contribution is 2.58. The molecule has 12 heteroatoms. The van der Waals surface area contributed by atoms with E-state index in [1.807, 2.05) is 0 Å². The van der Waals surface area contributed by atoms with Gasteiger partial charge in [0.15, 0.2) is 5.76 Å². The number of pyridine rings is 2. The van der Waals surface area contributed by atoms with E-state index in [4.69, 9.17) is 27.7 Å². The average molecular weight is 629 g/mol. The van der Waals surface area contributed by atoms with Crippen LogP contribution in [0.4, 0.5) is 18.9 Å². The highest BCUT2D eigenvalue weighted by molar-refractivity contribution is 6.39. The molecule has 1 spiro atoms. The van der Waals surface area contributed by atoms with Crippen LogP contribution < -0.4 is 4.90 Å². The van der Waals surface area contributed by atoms with Gasteiger partial charge in [0.1, 0.15) is 11.4 Å². The van der Waals surface area contributed by atoms with E-state index in [0.717, 1.165) is 49.0 Å². The van der Waals surface area contributed by atoms with Crippen molar-refractivity contribution in [1.29, 1.82) is 0 Å². The van der Waals surface area contributed by atoms with E-state index < -0.39 is 23.4 Å². The van der Waals surface area contributed by atoms with E-state index in [1.165, 1.54) is 24.5 Å². The first-order chi connectivity index (χ1) is 20.4. The van der Waals surface area contributed by atoms with Gasteiger partial charge in [-0.2, -0.15) is 13.2 Å². The fraction of sp³-hybridized carbons (Fsp3) is 0.355. The standard InChI is InChI=1S/C31H25Cl2F3N4O3/c1-29(4-5-29)27-24(26(39-43-27)25-20(32)14-37-15-21(25)33)16-12-30(13-16)6-8-40(9-7-30)17-2-3-22-18(10-17)19(31(34,35)36)11-23(38-22)28(41)42/h2-3,10-12,14-15H,4-9,13H2,1H3,(H,41,42). The number of fused-ring (bicyclic) bond motifs is 1. The van der Waals surface area contributed by atoms with Crippen molar-refractivity contribution in [2.45, 2.75) is 50.6 Å². The van der Waals surface area contributed by atoms with E-state index in [-0.39, 0.29) is 21.7 Å². The topological polar surface area (TPSA) is 92.4 Å². The van der Waals surface area contributed by atoms with Crippen molar-refractivity contribution >= 4 is 51.3 Å². The third-order valence-electron chi connectivity index (χ3n) is 9.12. The molecule has 7 rings (SSSR count). The van der Waals surface area contributed by atoms with Crippen LogP contribution >= 0.6 is 23.2 Å². The second kappa shape index (κ2) is 9.69. The quantitative estimate of drug-likeness (QED) is 0.237. The molecule has 0 radical (unpaired) electrons. The van der Waals surface area contributed by atoms with Crippen molar-refractivity contribution in [2.24, 2.45) is 5.41 Å². The number of hydrogen-bond donors (Lipinski definition) is 1. The summed E-state index contributed by atoms with van der Waals surface area (Å²) in [7, 11) is 0. The van der Waals surface area contributed by atoms with Gasteiger partial charge in [-0.25, -0.2) is 9.78 Å². The second-order valence-electron chi connectivity index (χ2n) is 12.0. The largest absolute Gasteiger partial charge is 0.477 e. The maximum Gasteiger partial charge on any atom is 0.417 e. The van der Waals surface area contributed by atoms with Crippen LogP contribution in [0.1, 0.15) is 66.4 Å². The molecular formula is C31H25Cl2F3N4O3. The van der Waals surface area contributed by atoms with Crippen LogP contribution in [0.5, 0.6) is 0 Å². The lowest BCUT2D eigenvalue weighted by atomic mass is 9.63. The van der Waals surface area contributed by atoms with Gasteiger partial charge in [-0.15, -0.1) is 0 Å². The summed E-state index contributed by atoms with van der Waals surface area (Å²) < 4.78 is 47.5. The summed E-state index contributed by atoms with van der Waals surface area (Å²) >= 11 is 13.0. The third kappa shape index (κ3) is 4.75. The van der Waals surface area contributed by atoms with Crippen molar-refractivity contribution in [1.82, 2.24) is 15.1 Å². The first kappa shape index (κ1) is 28.2. The predicted molar refractivity (Wildman–Crippen MR) is 157 cm³/mol. The summed E-state index contributed by atoms with van der Waals surface area (Å²) in [6.45, 7) is 3.47. The number of nitrogens with zero attached hydrogens (tertiary/aromatic N) is 4. The van der Waals surface area contributed by atoms with Gasteiger partial charge in [0, 0.05) is 53.1 Å². The maximum absolute atomic E-state index is 13.9. The number of piperidine rings is 1. The molecule has 3 aromatic heterocycles. The fourth-order valence-electron chi connectivity index (χ4n) is 6.39. The Morgan fingerprint density at radius 1 is 1.05 bits per heavy atom. The Labute approximate surface area is 254 Å². The molecule has 1 aromatic carbocycles. The molecule has 4 heterocycles. The number of anilines is 1. The second-order valence-corrected chi connectivity index (χ2v) is 12.8. The van der Waals surface area contributed by atoms with Crippen molar-refractivity contribution in [2.75, 3.05) is 18.0 Å². The van der Waals surface area contributed by atoms with Crippen molar-refractivity contribution in [3.05, 3.63) is 75.4 Å². The van der Waals surface area contributed by atoms with Gasteiger partial charge in [0.25, 0.3) is 0 Å². The van der Waals surface area contributed by atoms with E-state index >= 15 is 0 Å². The van der Waals surface area contributed by atoms with Crippen molar-refractivity contribution in [3.63, 3.8) is 0 Å². The minimum Gasteiger partial charge on any atom is -0.477 e. The van der Waals surface area contributed by atoms with Gasteiger partial charge in [-0.05, 0) is 67.4 Å². The molecule has 2 aliphatic carbocycles.